The van der Waals surface area contributed by atoms with Crippen molar-refractivity contribution in [3.8, 4) is 29.1 Å². The second-order valence-corrected chi connectivity index (χ2v) is 8.08. The minimum absolute atomic E-state index is 0.0787. The molecule has 3 aromatic rings. The number of benzene rings is 3. The summed E-state index contributed by atoms with van der Waals surface area (Å²) < 4.78 is 36.1. The normalized spacial score (nSPS) is 12.1. The minimum Gasteiger partial charge on any atom is -0.490 e. The maximum Gasteiger partial charge on any atom is 0.262 e. The van der Waals surface area contributed by atoms with E-state index in [1.807, 2.05) is 19.1 Å². The van der Waals surface area contributed by atoms with Gasteiger partial charge in [0, 0.05) is 12.1 Å². The van der Waals surface area contributed by atoms with Crippen LogP contribution in [0.2, 0.25) is 5.02 Å². The SMILES string of the molecule is CCOc1cc(/C=C(/C#N)C(=O)NCc2ccc3c(c2)OCO3)ccc1OCc1c(F)cccc1Cl. The van der Waals surface area contributed by atoms with Crippen molar-refractivity contribution in [2.24, 2.45) is 0 Å². The van der Waals surface area contributed by atoms with E-state index in [-0.39, 0.29) is 36.1 Å². The third-order valence-electron chi connectivity index (χ3n) is 5.27. The van der Waals surface area contributed by atoms with E-state index >= 15 is 0 Å². The van der Waals surface area contributed by atoms with Crippen LogP contribution in [0.15, 0.2) is 60.2 Å². The monoisotopic (exact) mass is 508 g/mol. The van der Waals surface area contributed by atoms with Crippen LogP contribution in [0.4, 0.5) is 4.39 Å². The standard InChI is InChI=1S/C27H22ClFN2O5/c1-2-33-25-11-17(6-8-23(25)34-15-20-21(28)4-3-5-22(20)29)10-19(13-30)27(32)31-14-18-7-9-24-26(12-18)36-16-35-24/h3-12H,2,14-16H2,1H3,(H,31,32)/b19-10-. The summed E-state index contributed by atoms with van der Waals surface area (Å²) in [5.41, 5.74) is 1.52. The van der Waals surface area contributed by atoms with E-state index in [2.05, 4.69) is 5.32 Å². The topological polar surface area (TPSA) is 89.8 Å². The summed E-state index contributed by atoms with van der Waals surface area (Å²) in [5, 5.41) is 12.5. The van der Waals surface area contributed by atoms with Crippen LogP contribution in [-0.4, -0.2) is 19.3 Å². The second kappa shape index (κ2) is 11.5. The van der Waals surface area contributed by atoms with Gasteiger partial charge in [0.25, 0.3) is 5.91 Å². The number of nitriles is 1. The summed E-state index contributed by atoms with van der Waals surface area (Å²) >= 11 is 6.08. The molecule has 9 heteroatoms. The number of hydrogen-bond acceptors (Lipinski definition) is 6. The maximum atomic E-state index is 14.1. The number of amides is 1. The number of halogens is 2. The molecule has 184 valence electrons. The molecule has 1 aliphatic heterocycles. The van der Waals surface area contributed by atoms with Gasteiger partial charge >= 0.3 is 0 Å². The lowest BCUT2D eigenvalue weighted by molar-refractivity contribution is -0.117. The van der Waals surface area contributed by atoms with Crippen molar-refractivity contribution < 1.29 is 28.1 Å². The fraction of sp³-hybridized carbons (Fsp3) is 0.185. The van der Waals surface area contributed by atoms with Crippen molar-refractivity contribution in [2.45, 2.75) is 20.1 Å². The number of nitrogens with zero attached hydrogens (tertiary/aromatic N) is 1. The summed E-state index contributed by atoms with van der Waals surface area (Å²) in [5.74, 6) is 1.03. The summed E-state index contributed by atoms with van der Waals surface area (Å²) in [6, 6.07) is 16.6. The first kappa shape index (κ1) is 24.9. The summed E-state index contributed by atoms with van der Waals surface area (Å²) in [6.07, 6.45) is 1.45. The third-order valence-corrected chi connectivity index (χ3v) is 5.62. The Hall–Kier alpha value is -4.22. The van der Waals surface area contributed by atoms with E-state index in [4.69, 9.17) is 30.5 Å². The fourth-order valence-corrected chi connectivity index (χ4v) is 3.68. The van der Waals surface area contributed by atoms with Crippen molar-refractivity contribution in [1.82, 2.24) is 5.32 Å². The lowest BCUT2D eigenvalue weighted by atomic mass is 10.1. The predicted molar refractivity (Wildman–Crippen MR) is 131 cm³/mol. The predicted octanol–water partition coefficient (Wildman–Crippen LogP) is 5.41. The van der Waals surface area contributed by atoms with Crippen molar-refractivity contribution >= 4 is 23.6 Å². The second-order valence-electron chi connectivity index (χ2n) is 7.67. The van der Waals surface area contributed by atoms with E-state index in [1.165, 1.54) is 18.2 Å². The molecule has 1 amide bonds. The zero-order valence-corrected chi connectivity index (χ0v) is 20.1. The van der Waals surface area contributed by atoms with Crippen LogP contribution in [0.3, 0.4) is 0 Å². The number of carbonyl (C=O) groups excluding carboxylic acids is 1. The van der Waals surface area contributed by atoms with E-state index in [9.17, 15) is 14.4 Å². The molecule has 0 spiro atoms. The van der Waals surface area contributed by atoms with Crippen molar-refractivity contribution in [2.75, 3.05) is 13.4 Å². The van der Waals surface area contributed by atoms with E-state index in [0.717, 1.165) is 5.56 Å². The molecule has 0 bridgehead atoms. The molecule has 0 unspecified atom stereocenters. The number of carbonyl (C=O) groups is 1. The van der Waals surface area contributed by atoms with Gasteiger partial charge < -0.3 is 24.3 Å². The van der Waals surface area contributed by atoms with Crippen LogP contribution in [-0.2, 0) is 17.9 Å². The number of hydrogen-bond donors (Lipinski definition) is 1. The minimum atomic E-state index is -0.525. The Labute approximate surface area is 212 Å². The highest BCUT2D eigenvalue weighted by Gasteiger charge is 2.15. The zero-order valence-electron chi connectivity index (χ0n) is 19.3. The Morgan fingerprint density at radius 2 is 1.97 bits per heavy atom. The molecule has 3 aromatic carbocycles. The van der Waals surface area contributed by atoms with Gasteiger partial charge in [0.05, 0.1) is 11.6 Å². The molecule has 0 atom stereocenters. The summed E-state index contributed by atoms with van der Waals surface area (Å²) in [6.45, 7) is 2.45. The van der Waals surface area contributed by atoms with Crippen LogP contribution in [0.1, 0.15) is 23.6 Å². The molecule has 0 saturated heterocycles. The van der Waals surface area contributed by atoms with Gasteiger partial charge in [-0.05, 0) is 60.5 Å². The van der Waals surface area contributed by atoms with Gasteiger partial charge in [-0.2, -0.15) is 5.26 Å². The molecule has 0 saturated carbocycles. The smallest absolute Gasteiger partial charge is 0.262 e. The lowest BCUT2D eigenvalue weighted by Crippen LogP contribution is -2.23. The van der Waals surface area contributed by atoms with Crippen LogP contribution >= 0.6 is 11.6 Å². The Bertz CT molecular complexity index is 1330. The van der Waals surface area contributed by atoms with Crippen molar-refractivity contribution in [3.05, 3.63) is 87.7 Å². The first-order chi connectivity index (χ1) is 17.5. The van der Waals surface area contributed by atoms with Crippen molar-refractivity contribution in [1.29, 1.82) is 5.26 Å². The Morgan fingerprint density at radius 3 is 2.75 bits per heavy atom. The van der Waals surface area contributed by atoms with Gasteiger partial charge in [-0.1, -0.05) is 29.8 Å². The van der Waals surface area contributed by atoms with Gasteiger partial charge in [0.1, 0.15) is 24.1 Å². The molecule has 1 N–H and O–H groups in total. The highest BCUT2D eigenvalue weighted by molar-refractivity contribution is 6.31. The maximum absolute atomic E-state index is 14.1. The highest BCUT2D eigenvalue weighted by Crippen LogP contribution is 2.33. The number of nitrogens with one attached hydrogen (secondary N) is 1. The van der Waals surface area contributed by atoms with Gasteiger partial charge in [-0.15, -0.1) is 0 Å². The molecular weight excluding hydrogens is 487 g/mol. The quantitative estimate of drug-likeness (QED) is 0.307. The number of ether oxygens (including phenoxy) is 4. The average molecular weight is 509 g/mol. The molecule has 0 fully saturated rings. The first-order valence-electron chi connectivity index (χ1n) is 11.1. The molecule has 0 aliphatic carbocycles. The van der Waals surface area contributed by atoms with E-state index in [0.29, 0.717) is 35.2 Å². The van der Waals surface area contributed by atoms with Crippen LogP contribution < -0.4 is 24.3 Å². The molecule has 1 aliphatic rings. The first-order valence-corrected chi connectivity index (χ1v) is 11.5. The molecule has 7 nitrogen and oxygen atoms in total. The van der Waals surface area contributed by atoms with Crippen LogP contribution in [0, 0.1) is 17.1 Å². The average Bonchev–Trinajstić information content (AvgIpc) is 3.34. The molecular formula is C27H22ClFN2O5. The van der Waals surface area contributed by atoms with E-state index < -0.39 is 11.7 Å². The Kier molecular flexibility index (Phi) is 7.93. The van der Waals surface area contributed by atoms with Gasteiger partial charge in [-0.3, -0.25) is 4.79 Å². The van der Waals surface area contributed by atoms with Gasteiger partial charge in [0.2, 0.25) is 6.79 Å². The molecule has 1 heterocycles. The van der Waals surface area contributed by atoms with Crippen LogP contribution in [0.25, 0.3) is 6.08 Å². The molecule has 36 heavy (non-hydrogen) atoms. The number of rotatable bonds is 9. The van der Waals surface area contributed by atoms with Gasteiger partial charge in [0.15, 0.2) is 23.0 Å². The molecule has 4 rings (SSSR count). The zero-order chi connectivity index (χ0) is 25.5. The van der Waals surface area contributed by atoms with Gasteiger partial charge in [-0.25, -0.2) is 4.39 Å². The molecule has 0 aromatic heterocycles. The highest BCUT2D eigenvalue weighted by atomic mass is 35.5. The lowest BCUT2D eigenvalue weighted by Gasteiger charge is -2.14. The van der Waals surface area contributed by atoms with Crippen LogP contribution in [0.5, 0.6) is 23.0 Å². The van der Waals surface area contributed by atoms with E-state index in [1.54, 1.807) is 36.4 Å². The Balaban J connectivity index is 1.46. The summed E-state index contributed by atoms with van der Waals surface area (Å²) in [4.78, 5) is 12.6. The third kappa shape index (κ3) is 5.88. The fourth-order valence-electron chi connectivity index (χ4n) is 3.47. The van der Waals surface area contributed by atoms with Crippen molar-refractivity contribution in [3.63, 3.8) is 0 Å². The Morgan fingerprint density at radius 1 is 1.14 bits per heavy atom. The largest absolute Gasteiger partial charge is 0.490 e. The summed E-state index contributed by atoms with van der Waals surface area (Å²) in [7, 11) is 0. The molecule has 0 radical (unpaired) electrons. The number of fused-ring (bicyclic) bond motifs is 1.